The van der Waals surface area contributed by atoms with Gasteiger partial charge in [-0.15, -0.1) is 23.5 Å². The molecule has 6 nitrogen and oxygen atoms in total. The van der Waals surface area contributed by atoms with Crippen LogP contribution in [0.3, 0.4) is 0 Å². The number of unbranched alkanes of at least 4 members (excludes halogenated alkanes) is 1. The quantitative estimate of drug-likeness (QED) is 0.321. The number of aromatic nitrogens is 1. The van der Waals surface area contributed by atoms with Crippen molar-refractivity contribution in [3.05, 3.63) is 35.5 Å². The molecule has 0 aliphatic rings. The maximum Gasteiger partial charge on any atom is 0.319 e. The van der Waals surface area contributed by atoms with E-state index in [-0.39, 0.29) is 18.0 Å². The van der Waals surface area contributed by atoms with E-state index in [1.54, 1.807) is 26.0 Å². The van der Waals surface area contributed by atoms with E-state index < -0.39 is 0 Å². The summed E-state index contributed by atoms with van der Waals surface area (Å²) < 4.78 is 11.1. The number of carbonyl (C=O) groups is 1. The third kappa shape index (κ3) is 7.47. The van der Waals surface area contributed by atoms with Crippen molar-refractivity contribution in [1.29, 1.82) is 0 Å². The highest BCUT2D eigenvalue weighted by atomic mass is 32.2. The molecule has 2 N–H and O–H groups in total. The minimum Gasteiger partial charge on any atom is -0.493 e. The first-order chi connectivity index (χ1) is 15.9. The van der Waals surface area contributed by atoms with E-state index in [1.807, 2.05) is 37.6 Å². The maximum absolute atomic E-state index is 13.0. The number of anilines is 1. The SMILES string of the molecule is CCCCC(CC(C)c1cccc(OC)c1OC)NC(=O)Nc1c(SC)cc(C)nc1SC. The molecule has 0 radical (unpaired) electrons. The number of amides is 2. The van der Waals surface area contributed by atoms with Crippen LogP contribution in [0.4, 0.5) is 10.5 Å². The van der Waals surface area contributed by atoms with Gasteiger partial charge in [0.25, 0.3) is 0 Å². The van der Waals surface area contributed by atoms with Crippen LogP contribution in [0.25, 0.3) is 0 Å². The van der Waals surface area contributed by atoms with Crippen LogP contribution in [-0.4, -0.2) is 43.8 Å². The third-order valence-corrected chi connectivity index (χ3v) is 7.02. The highest BCUT2D eigenvalue weighted by molar-refractivity contribution is 7.99. The molecule has 33 heavy (non-hydrogen) atoms. The molecule has 1 heterocycles. The van der Waals surface area contributed by atoms with Crippen LogP contribution in [0.15, 0.2) is 34.2 Å². The number of nitrogens with one attached hydrogen (secondary N) is 2. The molecule has 8 heteroatoms. The zero-order chi connectivity index (χ0) is 24.4. The molecule has 0 saturated heterocycles. The van der Waals surface area contributed by atoms with E-state index in [0.717, 1.165) is 64.0 Å². The number of pyridine rings is 1. The summed E-state index contributed by atoms with van der Waals surface area (Å²) in [5.74, 6) is 1.66. The summed E-state index contributed by atoms with van der Waals surface area (Å²) in [4.78, 5) is 18.6. The fraction of sp³-hybridized carbons (Fsp3) is 0.520. The number of ether oxygens (including phenoxy) is 2. The zero-order valence-corrected chi connectivity index (χ0v) is 22.4. The third-order valence-electron chi connectivity index (χ3n) is 5.57. The Morgan fingerprint density at radius 3 is 2.55 bits per heavy atom. The minimum absolute atomic E-state index is 0.0322. The van der Waals surface area contributed by atoms with Gasteiger partial charge in [0.15, 0.2) is 11.5 Å². The Morgan fingerprint density at radius 1 is 1.18 bits per heavy atom. The largest absolute Gasteiger partial charge is 0.493 e. The molecule has 0 bridgehead atoms. The first-order valence-electron chi connectivity index (χ1n) is 11.3. The molecule has 2 unspecified atom stereocenters. The smallest absolute Gasteiger partial charge is 0.319 e. The van der Waals surface area contributed by atoms with Crippen molar-refractivity contribution in [2.45, 2.75) is 68.3 Å². The number of thioether (sulfide) groups is 2. The number of aryl methyl sites for hydroxylation is 1. The van der Waals surface area contributed by atoms with Crippen LogP contribution in [-0.2, 0) is 0 Å². The molecule has 1 aromatic heterocycles. The molecular formula is C25H37N3O3S2. The van der Waals surface area contributed by atoms with Gasteiger partial charge in [0, 0.05) is 22.2 Å². The van der Waals surface area contributed by atoms with Crippen molar-refractivity contribution in [2.24, 2.45) is 0 Å². The van der Waals surface area contributed by atoms with E-state index in [1.165, 1.54) is 11.8 Å². The lowest BCUT2D eigenvalue weighted by molar-refractivity contribution is 0.245. The number of nitrogens with zero attached hydrogens (tertiary/aromatic N) is 1. The number of hydrogen-bond acceptors (Lipinski definition) is 6. The number of carbonyl (C=O) groups excluding carboxylic acids is 1. The van der Waals surface area contributed by atoms with Gasteiger partial charge >= 0.3 is 6.03 Å². The van der Waals surface area contributed by atoms with E-state index in [4.69, 9.17) is 9.47 Å². The fourth-order valence-corrected chi connectivity index (χ4v) is 5.23. The molecule has 2 rings (SSSR count). The van der Waals surface area contributed by atoms with Crippen molar-refractivity contribution < 1.29 is 14.3 Å². The highest BCUT2D eigenvalue weighted by Crippen LogP contribution is 2.37. The van der Waals surface area contributed by atoms with E-state index in [0.29, 0.717) is 0 Å². The van der Waals surface area contributed by atoms with Crippen LogP contribution in [0, 0.1) is 6.92 Å². The van der Waals surface area contributed by atoms with E-state index in [2.05, 4.69) is 35.5 Å². The van der Waals surface area contributed by atoms with Gasteiger partial charge in [0.2, 0.25) is 0 Å². The van der Waals surface area contributed by atoms with Gasteiger partial charge in [-0.05, 0) is 50.3 Å². The summed E-state index contributed by atoms with van der Waals surface area (Å²) in [6, 6.07) is 7.79. The van der Waals surface area contributed by atoms with Gasteiger partial charge in [0.1, 0.15) is 5.03 Å². The number of rotatable bonds is 12. The number of benzene rings is 1. The number of urea groups is 1. The summed E-state index contributed by atoms with van der Waals surface area (Å²) in [6.45, 7) is 6.30. The summed E-state index contributed by atoms with van der Waals surface area (Å²) in [5, 5.41) is 7.11. The van der Waals surface area contributed by atoms with Crippen LogP contribution in [0.2, 0.25) is 0 Å². The molecule has 0 spiro atoms. The second-order valence-corrected chi connectivity index (χ2v) is 9.65. The van der Waals surface area contributed by atoms with Gasteiger partial charge in [-0.3, -0.25) is 0 Å². The first kappa shape index (κ1) is 27.2. The topological polar surface area (TPSA) is 72.5 Å². The summed E-state index contributed by atoms with van der Waals surface area (Å²) >= 11 is 3.14. The monoisotopic (exact) mass is 491 g/mol. The van der Waals surface area contributed by atoms with Crippen LogP contribution < -0.4 is 20.1 Å². The van der Waals surface area contributed by atoms with Gasteiger partial charge in [-0.25, -0.2) is 9.78 Å². The Bertz CT molecular complexity index is 899. The van der Waals surface area contributed by atoms with Crippen molar-refractivity contribution in [3.8, 4) is 11.5 Å². The van der Waals surface area contributed by atoms with Crippen molar-refractivity contribution in [3.63, 3.8) is 0 Å². The number of para-hydroxylation sites is 1. The standard InChI is InChI=1S/C25H37N3O3S2/c1-8-9-11-18(14-16(2)19-12-10-13-20(30-4)23(19)31-5)27-25(29)28-22-21(32-6)15-17(3)26-24(22)33-7/h10,12-13,15-16,18H,8-9,11,14H2,1-7H3,(H2,27,28,29). The van der Waals surface area contributed by atoms with Crippen LogP contribution in [0.1, 0.15) is 56.7 Å². The van der Waals surface area contributed by atoms with Gasteiger partial charge in [-0.2, -0.15) is 0 Å². The molecule has 0 saturated carbocycles. The lowest BCUT2D eigenvalue weighted by atomic mass is 9.91. The molecule has 0 aliphatic carbocycles. The predicted octanol–water partition coefficient (Wildman–Crippen LogP) is 6.73. The lowest BCUT2D eigenvalue weighted by Crippen LogP contribution is -2.39. The molecule has 2 amide bonds. The summed E-state index contributed by atoms with van der Waals surface area (Å²) in [7, 11) is 3.31. The van der Waals surface area contributed by atoms with Crippen molar-refractivity contribution >= 4 is 35.2 Å². The molecule has 182 valence electrons. The molecular weight excluding hydrogens is 454 g/mol. The second-order valence-electron chi connectivity index (χ2n) is 8.01. The average molecular weight is 492 g/mol. The van der Waals surface area contributed by atoms with Gasteiger partial charge in [-0.1, -0.05) is 38.8 Å². The van der Waals surface area contributed by atoms with Gasteiger partial charge in [0.05, 0.1) is 19.9 Å². The molecule has 2 aromatic rings. The molecule has 0 fully saturated rings. The Labute approximate surface area is 207 Å². The Morgan fingerprint density at radius 2 is 1.94 bits per heavy atom. The predicted molar refractivity (Wildman–Crippen MR) is 141 cm³/mol. The number of hydrogen-bond donors (Lipinski definition) is 2. The fourth-order valence-electron chi connectivity index (χ4n) is 3.93. The highest BCUT2D eigenvalue weighted by Gasteiger charge is 2.22. The van der Waals surface area contributed by atoms with E-state index in [9.17, 15) is 4.79 Å². The van der Waals surface area contributed by atoms with Crippen molar-refractivity contribution in [2.75, 3.05) is 32.0 Å². The average Bonchev–Trinajstić information content (AvgIpc) is 2.82. The van der Waals surface area contributed by atoms with E-state index >= 15 is 0 Å². The minimum atomic E-state index is -0.197. The summed E-state index contributed by atoms with van der Waals surface area (Å²) in [6.07, 6.45) is 7.82. The Balaban J connectivity index is 2.19. The second kappa shape index (κ2) is 13.6. The van der Waals surface area contributed by atoms with Crippen LogP contribution in [0.5, 0.6) is 11.5 Å². The van der Waals surface area contributed by atoms with Gasteiger partial charge < -0.3 is 20.1 Å². The Hall–Kier alpha value is -2.06. The van der Waals surface area contributed by atoms with Crippen molar-refractivity contribution in [1.82, 2.24) is 10.3 Å². The van der Waals surface area contributed by atoms with Crippen LogP contribution >= 0.6 is 23.5 Å². The molecule has 2 atom stereocenters. The first-order valence-corrected chi connectivity index (χ1v) is 13.7. The molecule has 0 aliphatic heterocycles. The molecule has 1 aromatic carbocycles. The lowest BCUT2D eigenvalue weighted by Gasteiger charge is -2.25. The summed E-state index contributed by atoms with van der Waals surface area (Å²) in [5.41, 5.74) is 2.80. The maximum atomic E-state index is 13.0. The normalized spacial score (nSPS) is 12.7. The Kier molecular flexibility index (Phi) is 11.2. The number of methoxy groups -OCH3 is 2. The zero-order valence-electron chi connectivity index (χ0n) is 20.8.